The Morgan fingerprint density at radius 3 is 1.36 bits per heavy atom. The molecule has 0 aromatic heterocycles. The average Bonchev–Trinajstić information content (AvgIpc) is 2.41. The molecule has 0 unspecified atom stereocenters. The van der Waals surface area contributed by atoms with Gasteiger partial charge in [0, 0.05) is 22.2 Å². The number of nitrogens with one attached hydrogen (secondary N) is 1. The van der Waals surface area contributed by atoms with E-state index in [0.717, 1.165) is 0 Å². The molecule has 0 aromatic carbocycles. The van der Waals surface area contributed by atoms with Crippen molar-refractivity contribution in [2.45, 2.75) is 103 Å². The fourth-order valence-corrected chi connectivity index (χ4v) is 5.18. The molecule has 2 aliphatic heterocycles. The van der Waals surface area contributed by atoms with Crippen LogP contribution >= 0.6 is 0 Å². The molecule has 146 valence electrons. The van der Waals surface area contributed by atoms with Crippen LogP contribution in [-0.4, -0.2) is 34.1 Å². The van der Waals surface area contributed by atoms with Crippen LogP contribution in [0.5, 0.6) is 0 Å². The number of rotatable bonds is 2. The lowest BCUT2D eigenvalue weighted by molar-refractivity contribution is -0.0193. The molecular weight excluding hydrogens is 304 g/mol. The second-order valence-electron chi connectivity index (χ2n) is 10.9. The topological polar surface area (TPSA) is 15.3 Å². The molecule has 0 aromatic rings. The van der Waals surface area contributed by atoms with E-state index in [4.69, 9.17) is 0 Å². The van der Waals surface area contributed by atoms with Gasteiger partial charge < -0.3 is 5.32 Å². The summed E-state index contributed by atoms with van der Waals surface area (Å²) in [7, 11) is 2.24. The van der Waals surface area contributed by atoms with Crippen LogP contribution in [0.15, 0.2) is 25.3 Å². The second kappa shape index (κ2) is 7.56. The minimum absolute atomic E-state index is 0.264. The van der Waals surface area contributed by atoms with E-state index in [9.17, 15) is 0 Å². The van der Waals surface area contributed by atoms with E-state index in [1.54, 1.807) is 0 Å². The molecule has 2 heteroatoms. The molecule has 0 radical (unpaired) electrons. The zero-order valence-corrected chi connectivity index (χ0v) is 18.5. The minimum atomic E-state index is 0.264. The molecule has 0 saturated carbocycles. The molecule has 0 spiro atoms. The smallest absolute Gasteiger partial charge is 0.0161 e. The van der Waals surface area contributed by atoms with Gasteiger partial charge in [-0.1, -0.05) is 12.2 Å². The Balaban J connectivity index is 0.000000251. The lowest BCUT2D eigenvalue weighted by Gasteiger charge is -2.53. The van der Waals surface area contributed by atoms with Gasteiger partial charge in [-0.05, 0) is 100.0 Å². The summed E-state index contributed by atoms with van der Waals surface area (Å²) >= 11 is 0. The van der Waals surface area contributed by atoms with Crippen LogP contribution in [0, 0.1) is 11.8 Å². The minimum Gasteiger partial charge on any atom is -0.307 e. The van der Waals surface area contributed by atoms with Crippen molar-refractivity contribution in [2.75, 3.05) is 7.05 Å². The third-order valence-corrected chi connectivity index (χ3v) is 6.23. The molecule has 2 rings (SSSR count). The zero-order valence-electron chi connectivity index (χ0n) is 18.5. The van der Waals surface area contributed by atoms with Crippen LogP contribution in [0.25, 0.3) is 0 Å². The van der Waals surface area contributed by atoms with Crippen molar-refractivity contribution in [3.05, 3.63) is 25.3 Å². The van der Waals surface area contributed by atoms with E-state index >= 15 is 0 Å². The Bertz CT molecular complexity index is 436. The maximum absolute atomic E-state index is 3.92. The van der Waals surface area contributed by atoms with Gasteiger partial charge in [-0.15, -0.1) is 13.2 Å². The highest BCUT2D eigenvalue weighted by molar-refractivity contribution is 5.02. The first-order chi connectivity index (χ1) is 11.1. The summed E-state index contributed by atoms with van der Waals surface area (Å²) in [6.07, 6.45) is 9.10. The second-order valence-corrected chi connectivity index (χ2v) is 10.9. The van der Waals surface area contributed by atoms with Gasteiger partial charge in [0.2, 0.25) is 0 Å². The fourth-order valence-electron chi connectivity index (χ4n) is 5.18. The third kappa shape index (κ3) is 6.25. The van der Waals surface area contributed by atoms with Crippen LogP contribution in [0.2, 0.25) is 0 Å². The molecule has 2 heterocycles. The van der Waals surface area contributed by atoms with E-state index in [1.807, 2.05) is 0 Å². The third-order valence-electron chi connectivity index (χ3n) is 6.23. The van der Waals surface area contributed by atoms with Crippen molar-refractivity contribution in [1.82, 2.24) is 10.2 Å². The molecule has 2 aliphatic rings. The summed E-state index contributed by atoms with van der Waals surface area (Å²) in [6.45, 7) is 26.2. The summed E-state index contributed by atoms with van der Waals surface area (Å²) in [5.74, 6) is 1.36. The van der Waals surface area contributed by atoms with E-state index in [1.165, 1.54) is 25.7 Å². The molecule has 2 fully saturated rings. The zero-order chi connectivity index (χ0) is 19.7. The maximum atomic E-state index is 3.92. The van der Waals surface area contributed by atoms with Crippen LogP contribution in [-0.2, 0) is 0 Å². The summed E-state index contributed by atoms with van der Waals surface area (Å²) in [4.78, 5) is 2.50. The number of likely N-dealkylation sites (tertiary alicyclic amines) is 1. The highest BCUT2D eigenvalue weighted by atomic mass is 15.2. The van der Waals surface area contributed by atoms with E-state index in [2.05, 4.69) is 98.0 Å². The molecular formula is C23H44N2. The van der Waals surface area contributed by atoms with E-state index in [0.29, 0.717) is 22.9 Å². The van der Waals surface area contributed by atoms with Crippen molar-refractivity contribution in [3.8, 4) is 0 Å². The molecule has 0 bridgehead atoms. The standard InChI is InChI=1S/C12H23N.C11H21N/c1-7-10-8-11(2,3)13(6)12(4,5)9-10;1-6-9-7-10(2,3)12-11(4,5)8-9/h7,10H,1,8-9H2,2-6H3;6,9,12H,1,7-8H2,2-5H3. The Hall–Kier alpha value is -0.600. The average molecular weight is 349 g/mol. The number of piperidine rings is 2. The van der Waals surface area contributed by atoms with Gasteiger partial charge >= 0.3 is 0 Å². The van der Waals surface area contributed by atoms with Gasteiger partial charge in [-0.2, -0.15) is 0 Å². The molecule has 0 atom stereocenters. The summed E-state index contributed by atoms with van der Waals surface area (Å²) < 4.78 is 0. The Morgan fingerprint density at radius 2 is 1.04 bits per heavy atom. The highest BCUT2D eigenvalue weighted by Gasteiger charge is 2.41. The SMILES string of the molecule is C=CC1CC(C)(C)N(C)C(C)(C)C1.C=CC1CC(C)(C)NC(C)(C)C1. The van der Waals surface area contributed by atoms with Crippen molar-refractivity contribution in [1.29, 1.82) is 0 Å². The molecule has 2 nitrogen and oxygen atoms in total. The largest absolute Gasteiger partial charge is 0.307 e. The molecule has 25 heavy (non-hydrogen) atoms. The summed E-state index contributed by atoms with van der Waals surface area (Å²) in [5.41, 5.74) is 1.14. The van der Waals surface area contributed by atoms with Gasteiger partial charge in [-0.25, -0.2) is 0 Å². The van der Waals surface area contributed by atoms with Gasteiger partial charge in [0.25, 0.3) is 0 Å². The summed E-state index contributed by atoms with van der Waals surface area (Å²) in [5, 5.41) is 3.65. The Kier molecular flexibility index (Phi) is 6.79. The predicted octanol–water partition coefficient (Wildman–Crippen LogP) is 5.80. The Morgan fingerprint density at radius 1 is 0.720 bits per heavy atom. The van der Waals surface area contributed by atoms with Crippen molar-refractivity contribution in [3.63, 3.8) is 0 Å². The quantitative estimate of drug-likeness (QED) is 0.634. The van der Waals surface area contributed by atoms with E-state index < -0.39 is 0 Å². The number of hydrogen-bond acceptors (Lipinski definition) is 2. The number of allylic oxidation sites excluding steroid dienone is 2. The first-order valence-electron chi connectivity index (χ1n) is 9.92. The Labute approximate surface area is 158 Å². The van der Waals surface area contributed by atoms with Crippen molar-refractivity contribution >= 4 is 0 Å². The van der Waals surface area contributed by atoms with Crippen molar-refractivity contribution in [2.24, 2.45) is 11.8 Å². The predicted molar refractivity (Wildman–Crippen MR) is 113 cm³/mol. The summed E-state index contributed by atoms with van der Waals surface area (Å²) in [6, 6.07) is 0. The van der Waals surface area contributed by atoms with Crippen molar-refractivity contribution < 1.29 is 0 Å². The van der Waals surface area contributed by atoms with Gasteiger partial charge in [0.1, 0.15) is 0 Å². The first kappa shape index (κ1) is 22.4. The monoisotopic (exact) mass is 348 g/mol. The molecule has 1 N–H and O–H groups in total. The fraction of sp³-hybridized carbons (Fsp3) is 0.826. The normalized spacial score (nSPS) is 28.5. The van der Waals surface area contributed by atoms with Crippen LogP contribution < -0.4 is 5.32 Å². The van der Waals surface area contributed by atoms with Crippen LogP contribution in [0.4, 0.5) is 0 Å². The first-order valence-corrected chi connectivity index (χ1v) is 9.92. The molecule has 2 saturated heterocycles. The number of hydrogen-bond donors (Lipinski definition) is 1. The molecule has 0 amide bonds. The maximum Gasteiger partial charge on any atom is 0.0161 e. The molecule has 0 aliphatic carbocycles. The van der Waals surface area contributed by atoms with Gasteiger partial charge in [0.15, 0.2) is 0 Å². The number of nitrogens with zero attached hydrogens (tertiary/aromatic N) is 1. The van der Waals surface area contributed by atoms with Crippen LogP contribution in [0.3, 0.4) is 0 Å². The van der Waals surface area contributed by atoms with Crippen LogP contribution in [0.1, 0.15) is 81.1 Å². The van der Waals surface area contributed by atoms with E-state index in [-0.39, 0.29) is 11.1 Å². The highest BCUT2D eigenvalue weighted by Crippen LogP contribution is 2.40. The van der Waals surface area contributed by atoms with Gasteiger partial charge in [0.05, 0.1) is 0 Å². The van der Waals surface area contributed by atoms with Gasteiger partial charge in [-0.3, -0.25) is 4.90 Å². The lowest BCUT2D eigenvalue weighted by Crippen LogP contribution is -2.58. The lowest BCUT2D eigenvalue weighted by atomic mass is 9.74.